The van der Waals surface area contributed by atoms with Gasteiger partial charge in [0.15, 0.2) is 0 Å². The highest BCUT2D eigenvalue weighted by atomic mass is 19.4. The molecule has 0 aliphatic carbocycles. The fourth-order valence-electron chi connectivity index (χ4n) is 1.57. The number of nitrogens with zero attached hydrogens (tertiary/aromatic N) is 1. The van der Waals surface area contributed by atoms with Gasteiger partial charge in [-0.05, 0) is 44.5 Å². The summed E-state index contributed by atoms with van der Waals surface area (Å²) >= 11 is 0. The lowest BCUT2D eigenvalue weighted by Crippen LogP contribution is -2.50. The lowest BCUT2D eigenvalue weighted by atomic mass is 10.0. The van der Waals surface area contributed by atoms with Crippen LogP contribution in [0.3, 0.4) is 0 Å². The highest BCUT2D eigenvalue weighted by molar-refractivity contribution is 5.95. The summed E-state index contributed by atoms with van der Waals surface area (Å²) in [6.07, 6.45) is -3.42. The summed E-state index contributed by atoms with van der Waals surface area (Å²) in [5, 5.41) is 0.989. The molecule has 20 heavy (non-hydrogen) atoms. The van der Waals surface area contributed by atoms with Crippen LogP contribution in [0.4, 0.5) is 13.2 Å². The van der Waals surface area contributed by atoms with E-state index in [0.29, 0.717) is 0 Å². The van der Waals surface area contributed by atoms with E-state index in [1.165, 1.54) is 0 Å². The van der Waals surface area contributed by atoms with Crippen LogP contribution in [0.2, 0.25) is 0 Å². The third-order valence-electron chi connectivity index (χ3n) is 2.77. The number of rotatable bonds is 2. The Kier molecular flexibility index (Phi) is 4.29. The number of nitrogens with two attached hydrogens (primary N) is 1. The van der Waals surface area contributed by atoms with Crippen molar-refractivity contribution in [2.24, 2.45) is 5.84 Å². The Morgan fingerprint density at radius 1 is 1.30 bits per heavy atom. The zero-order valence-electron chi connectivity index (χ0n) is 11.6. The summed E-state index contributed by atoms with van der Waals surface area (Å²) in [6.45, 7) is 8.52. The second-order valence-electron chi connectivity index (χ2n) is 5.35. The van der Waals surface area contributed by atoms with Gasteiger partial charge in [-0.1, -0.05) is 12.7 Å². The molecule has 0 aliphatic heterocycles. The van der Waals surface area contributed by atoms with Crippen molar-refractivity contribution in [1.82, 2.24) is 5.01 Å². The van der Waals surface area contributed by atoms with Gasteiger partial charge in [-0.25, -0.2) is 5.84 Å². The van der Waals surface area contributed by atoms with Gasteiger partial charge in [-0.3, -0.25) is 9.80 Å². The lowest BCUT2D eigenvalue weighted by Gasteiger charge is -2.31. The topological polar surface area (TPSA) is 46.3 Å². The Morgan fingerprint density at radius 3 is 2.25 bits per heavy atom. The van der Waals surface area contributed by atoms with Gasteiger partial charge < -0.3 is 0 Å². The first-order valence-corrected chi connectivity index (χ1v) is 5.91. The molecule has 0 unspecified atom stereocenters. The maximum atomic E-state index is 12.7. The van der Waals surface area contributed by atoms with Crippen molar-refractivity contribution in [1.29, 1.82) is 0 Å². The van der Waals surface area contributed by atoms with Crippen LogP contribution >= 0.6 is 0 Å². The maximum Gasteiger partial charge on any atom is 0.416 e. The molecule has 1 amide bonds. The number of hydrogen-bond donors (Lipinski definition) is 1. The first-order valence-electron chi connectivity index (χ1n) is 5.91. The summed E-state index contributed by atoms with van der Waals surface area (Å²) in [4.78, 5) is 12.1. The molecule has 6 heteroatoms. The third-order valence-corrected chi connectivity index (χ3v) is 2.77. The number of alkyl halides is 3. The molecule has 0 saturated carbocycles. The predicted molar refractivity (Wildman–Crippen MR) is 71.6 cm³/mol. The molecule has 0 radical (unpaired) electrons. The van der Waals surface area contributed by atoms with Crippen LogP contribution in [0.15, 0.2) is 24.8 Å². The predicted octanol–water partition coefficient (Wildman–Crippen LogP) is 3.46. The maximum absolute atomic E-state index is 12.7. The van der Waals surface area contributed by atoms with Crippen LogP contribution in [0, 0.1) is 0 Å². The fourth-order valence-corrected chi connectivity index (χ4v) is 1.57. The molecule has 110 valence electrons. The minimum absolute atomic E-state index is 0.0883. The van der Waals surface area contributed by atoms with E-state index in [2.05, 4.69) is 6.58 Å². The van der Waals surface area contributed by atoms with Gasteiger partial charge >= 0.3 is 6.18 Å². The molecule has 0 aromatic heterocycles. The van der Waals surface area contributed by atoms with Gasteiger partial charge in [0, 0.05) is 5.56 Å². The molecule has 0 fully saturated rings. The molecule has 0 atom stereocenters. The van der Waals surface area contributed by atoms with Crippen LogP contribution in [-0.4, -0.2) is 16.5 Å². The van der Waals surface area contributed by atoms with E-state index in [4.69, 9.17) is 5.84 Å². The van der Waals surface area contributed by atoms with E-state index >= 15 is 0 Å². The van der Waals surface area contributed by atoms with Crippen molar-refractivity contribution in [3.05, 3.63) is 41.5 Å². The summed E-state index contributed by atoms with van der Waals surface area (Å²) in [5.74, 6) is 5.13. The lowest BCUT2D eigenvalue weighted by molar-refractivity contribution is -0.137. The van der Waals surface area contributed by atoms with E-state index < -0.39 is 23.2 Å². The number of carbonyl (C=O) groups excluding carboxylic acids is 1. The van der Waals surface area contributed by atoms with E-state index in [-0.39, 0.29) is 11.1 Å². The van der Waals surface area contributed by atoms with E-state index in [1.807, 2.05) is 0 Å². The summed E-state index contributed by atoms with van der Waals surface area (Å²) in [5.41, 5.74) is -1.52. The number of hydrazine groups is 1. The smallest absolute Gasteiger partial charge is 0.271 e. The van der Waals surface area contributed by atoms with Crippen LogP contribution in [0.5, 0.6) is 0 Å². The zero-order valence-corrected chi connectivity index (χ0v) is 11.6. The van der Waals surface area contributed by atoms with Crippen LogP contribution in [0.25, 0.3) is 6.08 Å². The molecule has 1 rings (SSSR count). The van der Waals surface area contributed by atoms with Crippen molar-refractivity contribution in [2.75, 3.05) is 0 Å². The van der Waals surface area contributed by atoms with Crippen molar-refractivity contribution in [3.8, 4) is 0 Å². The number of amides is 1. The number of hydrogen-bond acceptors (Lipinski definition) is 2. The van der Waals surface area contributed by atoms with Gasteiger partial charge in [0.1, 0.15) is 0 Å². The molecule has 3 nitrogen and oxygen atoms in total. The third kappa shape index (κ3) is 3.39. The van der Waals surface area contributed by atoms with Gasteiger partial charge in [-0.2, -0.15) is 13.2 Å². The molecular weight excluding hydrogens is 269 g/mol. The molecule has 1 aromatic rings. The molecule has 0 aliphatic rings. The Hall–Kier alpha value is -1.82. The highest BCUT2D eigenvalue weighted by Crippen LogP contribution is 2.33. The minimum atomic E-state index is -4.49. The van der Waals surface area contributed by atoms with Gasteiger partial charge in [0.05, 0.1) is 11.1 Å². The molecule has 2 N–H and O–H groups in total. The number of halogens is 3. The Balaban J connectivity index is 3.24. The van der Waals surface area contributed by atoms with E-state index in [9.17, 15) is 18.0 Å². The molecule has 1 aromatic carbocycles. The van der Waals surface area contributed by atoms with Crippen molar-refractivity contribution < 1.29 is 18.0 Å². The van der Waals surface area contributed by atoms with E-state index in [0.717, 1.165) is 29.3 Å². The van der Waals surface area contributed by atoms with Gasteiger partial charge in [0.2, 0.25) is 0 Å². The SMILES string of the molecule is C=Cc1cc(C(=O)N(N)C(C)(C)C)ccc1C(F)(F)F. The minimum Gasteiger partial charge on any atom is -0.271 e. The Morgan fingerprint density at radius 2 is 1.85 bits per heavy atom. The number of benzene rings is 1. The summed E-state index contributed by atoms with van der Waals surface area (Å²) in [6, 6.07) is 3.12. The van der Waals surface area contributed by atoms with Crippen molar-refractivity contribution >= 4 is 12.0 Å². The van der Waals surface area contributed by atoms with Crippen LogP contribution in [0.1, 0.15) is 42.3 Å². The second-order valence-corrected chi connectivity index (χ2v) is 5.35. The molecule has 0 bridgehead atoms. The fraction of sp³-hybridized carbons (Fsp3) is 0.357. The largest absolute Gasteiger partial charge is 0.416 e. The molecule has 0 spiro atoms. The highest BCUT2D eigenvalue weighted by Gasteiger charge is 2.33. The first kappa shape index (κ1) is 16.2. The monoisotopic (exact) mass is 286 g/mol. The van der Waals surface area contributed by atoms with Crippen LogP contribution in [-0.2, 0) is 6.18 Å². The first-order chi connectivity index (χ1) is 8.98. The standard InChI is InChI=1S/C14H17F3N2O/c1-5-9-8-10(6-7-11(9)14(15,16)17)12(20)19(18)13(2,3)4/h5-8H,1,18H2,2-4H3. The van der Waals surface area contributed by atoms with E-state index in [1.54, 1.807) is 20.8 Å². The van der Waals surface area contributed by atoms with Gasteiger partial charge in [-0.15, -0.1) is 0 Å². The average Bonchev–Trinajstić information content (AvgIpc) is 2.33. The Labute approximate surface area is 115 Å². The Bertz CT molecular complexity index is 530. The molecular formula is C14H17F3N2O. The normalized spacial score (nSPS) is 12.2. The quantitative estimate of drug-likeness (QED) is 0.514. The van der Waals surface area contributed by atoms with Gasteiger partial charge in [0.25, 0.3) is 5.91 Å². The summed E-state index contributed by atoms with van der Waals surface area (Å²) in [7, 11) is 0. The number of carbonyl (C=O) groups is 1. The van der Waals surface area contributed by atoms with Crippen molar-refractivity contribution in [2.45, 2.75) is 32.5 Å². The molecule has 0 heterocycles. The summed E-state index contributed by atoms with van der Waals surface area (Å²) < 4.78 is 38.2. The van der Waals surface area contributed by atoms with Crippen LogP contribution < -0.4 is 5.84 Å². The van der Waals surface area contributed by atoms with Crippen molar-refractivity contribution in [3.63, 3.8) is 0 Å². The second kappa shape index (κ2) is 5.28. The zero-order chi connectivity index (χ0) is 15.7. The molecule has 0 saturated heterocycles. The average molecular weight is 286 g/mol.